The van der Waals surface area contributed by atoms with Crippen molar-refractivity contribution in [3.63, 3.8) is 0 Å². The lowest BCUT2D eigenvalue weighted by molar-refractivity contribution is 0.0872. The Hall–Kier alpha value is -1.99. The van der Waals surface area contributed by atoms with Gasteiger partial charge in [-0.25, -0.2) is 9.97 Å². The molecule has 0 spiro atoms. The molecule has 1 saturated heterocycles. The molecule has 7 nitrogen and oxygen atoms in total. The third-order valence-electron chi connectivity index (χ3n) is 5.26. The zero-order chi connectivity index (χ0) is 18.7. The van der Waals surface area contributed by atoms with Crippen LogP contribution in [0.15, 0.2) is 24.7 Å². The van der Waals surface area contributed by atoms with Crippen LogP contribution in [0.3, 0.4) is 0 Å². The Morgan fingerprint density at radius 1 is 1.15 bits per heavy atom. The third kappa shape index (κ3) is 4.22. The van der Waals surface area contributed by atoms with Crippen LogP contribution >= 0.6 is 0 Å². The second-order valence-corrected chi connectivity index (χ2v) is 7.69. The summed E-state index contributed by atoms with van der Waals surface area (Å²) in [6.45, 7) is 3.07. The second-order valence-electron chi connectivity index (χ2n) is 7.69. The van der Waals surface area contributed by atoms with Crippen LogP contribution in [0, 0.1) is 5.92 Å². The maximum Gasteiger partial charge on any atom is 0.224 e. The van der Waals surface area contributed by atoms with Gasteiger partial charge in [0.15, 0.2) is 0 Å². The Balaban J connectivity index is 1.66. The minimum Gasteiger partial charge on any atom is -0.347 e. The summed E-state index contributed by atoms with van der Waals surface area (Å²) in [5.41, 5.74) is 2.46. The predicted octanol–water partition coefficient (Wildman–Crippen LogP) is 1.79. The summed E-state index contributed by atoms with van der Waals surface area (Å²) < 4.78 is 2.02. The minimum absolute atomic E-state index is 0.422. The summed E-state index contributed by atoms with van der Waals surface area (Å²) in [5, 5.41) is 4.39. The summed E-state index contributed by atoms with van der Waals surface area (Å²) in [5.74, 6) is 1.35. The molecule has 142 valence electrons. The van der Waals surface area contributed by atoms with Crippen LogP contribution in [0.5, 0.6) is 0 Å². The molecule has 0 bridgehead atoms. The van der Waals surface area contributed by atoms with Gasteiger partial charge in [-0.05, 0) is 45.5 Å². The van der Waals surface area contributed by atoms with Gasteiger partial charge in [-0.3, -0.25) is 9.58 Å². The van der Waals surface area contributed by atoms with Gasteiger partial charge < -0.3 is 9.80 Å². The van der Waals surface area contributed by atoms with Crippen LogP contribution in [0.25, 0.3) is 0 Å². The molecule has 0 saturated carbocycles. The van der Waals surface area contributed by atoms with Gasteiger partial charge in [-0.2, -0.15) is 5.10 Å². The molecular formula is C19H31N7. The third-order valence-corrected chi connectivity index (χ3v) is 5.26. The SMILES string of the molecule is CN(Cc1cnc(N(C)C)nc1)C[C@@H]1CCCN(C)[C@H]1c1ccnn1C. The van der Waals surface area contributed by atoms with E-state index < -0.39 is 0 Å². The Bertz CT molecular complexity index is 694. The van der Waals surface area contributed by atoms with E-state index >= 15 is 0 Å². The second kappa shape index (κ2) is 8.14. The van der Waals surface area contributed by atoms with Crippen molar-refractivity contribution in [3.8, 4) is 0 Å². The highest BCUT2D eigenvalue weighted by Crippen LogP contribution is 2.35. The summed E-state index contributed by atoms with van der Waals surface area (Å²) in [6.07, 6.45) is 8.28. The maximum atomic E-state index is 4.43. The zero-order valence-corrected chi connectivity index (χ0v) is 16.6. The average molecular weight is 358 g/mol. The molecule has 7 heteroatoms. The highest BCUT2D eigenvalue weighted by atomic mass is 15.3. The fourth-order valence-electron chi connectivity index (χ4n) is 4.03. The van der Waals surface area contributed by atoms with Gasteiger partial charge >= 0.3 is 0 Å². The molecule has 0 N–H and O–H groups in total. The number of nitrogens with zero attached hydrogens (tertiary/aromatic N) is 7. The first kappa shape index (κ1) is 18.8. The van der Waals surface area contributed by atoms with Crippen LogP contribution in [0.2, 0.25) is 0 Å². The van der Waals surface area contributed by atoms with E-state index in [2.05, 4.69) is 45.0 Å². The lowest BCUT2D eigenvalue weighted by Crippen LogP contribution is -2.41. The Morgan fingerprint density at radius 3 is 2.50 bits per heavy atom. The van der Waals surface area contributed by atoms with Gasteiger partial charge in [-0.15, -0.1) is 0 Å². The van der Waals surface area contributed by atoms with Gasteiger partial charge in [0.25, 0.3) is 0 Å². The number of hydrogen-bond acceptors (Lipinski definition) is 6. The smallest absolute Gasteiger partial charge is 0.224 e. The first-order chi connectivity index (χ1) is 12.5. The van der Waals surface area contributed by atoms with Crippen molar-refractivity contribution in [3.05, 3.63) is 35.9 Å². The first-order valence-corrected chi connectivity index (χ1v) is 9.30. The van der Waals surface area contributed by atoms with E-state index in [0.717, 1.165) is 31.1 Å². The fourth-order valence-corrected chi connectivity index (χ4v) is 4.03. The Labute approximate surface area is 156 Å². The largest absolute Gasteiger partial charge is 0.347 e. The molecule has 26 heavy (non-hydrogen) atoms. The average Bonchev–Trinajstić information content (AvgIpc) is 3.01. The van der Waals surface area contributed by atoms with Crippen LogP contribution in [-0.2, 0) is 13.6 Å². The molecule has 2 aromatic rings. The molecule has 3 rings (SSSR count). The number of likely N-dealkylation sites (tertiary alicyclic amines) is 1. The van der Waals surface area contributed by atoms with Crippen molar-refractivity contribution in [2.75, 3.05) is 46.2 Å². The van der Waals surface area contributed by atoms with E-state index in [1.807, 2.05) is 49.3 Å². The van der Waals surface area contributed by atoms with Crippen LogP contribution in [0.4, 0.5) is 5.95 Å². The van der Waals surface area contributed by atoms with Crippen LogP contribution in [-0.4, -0.2) is 70.8 Å². The number of rotatable bonds is 6. The molecule has 3 heterocycles. The molecular weight excluding hydrogens is 326 g/mol. The number of hydrogen-bond donors (Lipinski definition) is 0. The lowest BCUT2D eigenvalue weighted by atomic mass is 9.87. The van der Waals surface area contributed by atoms with Crippen molar-refractivity contribution in [2.24, 2.45) is 13.0 Å². The molecule has 0 aromatic carbocycles. The van der Waals surface area contributed by atoms with E-state index in [4.69, 9.17) is 0 Å². The highest BCUT2D eigenvalue weighted by molar-refractivity contribution is 5.26. The summed E-state index contributed by atoms with van der Waals surface area (Å²) in [6, 6.07) is 2.58. The van der Waals surface area contributed by atoms with Crippen molar-refractivity contribution in [2.45, 2.75) is 25.4 Å². The fraction of sp³-hybridized carbons (Fsp3) is 0.632. The number of anilines is 1. The van der Waals surface area contributed by atoms with Gasteiger partial charge in [0.05, 0.1) is 11.7 Å². The Morgan fingerprint density at radius 2 is 1.88 bits per heavy atom. The minimum atomic E-state index is 0.422. The Kier molecular flexibility index (Phi) is 5.88. The number of piperidine rings is 1. The standard InChI is InChI=1S/C19H31N7/c1-23(2)19-20-11-15(12-21-19)13-24(3)14-16-7-6-10-25(4)18(16)17-8-9-22-26(17)5/h8-9,11-12,16,18H,6-7,10,13-14H2,1-5H3/t16-,18+/m0/s1. The van der Waals surface area contributed by atoms with E-state index in [0.29, 0.717) is 12.0 Å². The van der Waals surface area contributed by atoms with Gasteiger partial charge in [0.2, 0.25) is 5.95 Å². The van der Waals surface area contributed by atoms with E-state index in [9.17, 15) is 0 Å². The summed E-state index contributed by atoms with van der Waals surface area (Å²) >= 11 is 0. The van der Waals surface area contributed by atoms with E-state index in [1.54, 1.807) is 0 Å². The molecule has 1 aliphatic rings. The predicted molar refractivity (Wildman–Crippen MR) is 104 cm³/mol. The van der Waals surface area contributed by atoms with E-state index in [-0.39, 0.29) is 0 Å². The normalized spacial score (nSPS) is 21.3. The van der Waals surface area contributed by atoms with Crippen molar-refractivity contribution < 1.29 is 0 Å². The van der Waals surface area contributed by atoms with Crippen molar-refractivity contribution >= 4 is 5.95 Å². The number of aryl methyl sites for hydroxylation is 1. The lowest BCUT2D eigenvalue weighted by Gasteiger charge is -2.40. The summed E-state index contributed by atoms with van der Waals surface area (Å²) in [4.78, 5) is 15.6. The topological polar surface area (TPSA) is 53.3 Å². The van der Waals surface area contributed by atoms with E-state index in [1.165, 1.54) is 18.5 Å². The molecule has 0 amide bonds. The number of aromatic nitrogens is 4. The van der Waals surface area contributed by atoms with Crippen molar-refractivity contribution in [1.82, 2.24) is 29.5 Å². The molecule has 2 aromatic heterocycles. The molecule has 1 fully saturated rings. The quantitative estimate of drug-likeness (QED) is 0.786. The van der Waals surface area contributed by atoms with Crippen molar-refractivity contribution in [1.29, 1.82) is 0 Å². The highest BCUT2D eigenvalue weighted by Gasteiger charge is 2.32. The van der Waals surface area contributed by atoms with Gasteiger partial charge in [0.1, 0.15) is 0 Å². The molecule has 2 atom stereocenters. The molecule has 0 unspecified atom stereocenters. The van der Waals surface area contributed by atoms with Crippen LogP contribution < -0.4 is 4.90 Å². The zero-order valence-electron chi connectivity index (χ0n) is 16.6. The maximum absolute atomic E-state index is 4.43. The van der Waals surface area contributed by atoms with Crippen LogP contribution in [0.1, 0.15) is 30.1 Å². The molecule has 0 aliphatic carbocycles. The molecule has 1 aliphatic heterocycles. The van der Waals surface area contributed by atoms with Gasteiger partial charge in [-0.1, -0.05) is 0 Å². The van der Waals surface area contributed by atoms with Gasteiger partial charge in [0, 0.05) is 58.4 Å². The molecule has 0 radical (unpaired) electrons. The summed E-state index contributed by atoms with van der Waals surface area (Å²) in [7, 11) is 10.4. The monoisotopic (exact) mass is 357 g/mol. The first-order valence-electron chi connectivity index (χ1n) is 9.30.